The lowest BCUT2D eigenvalue weighted by Crippen LogP contribution is -2.03. The van der Waals surface area contributed by atoms with Crippen molar-refractivity contribution >= 4 is 33.3 Å². The molecule has 0 fully saturated rings. The first-order valence-corrected chi connectivity index (χ1v) is 5.55. The molecule has 0 heterocycles. The number of ketones is 1. The van der Waals surface area contributed by atoms with E-state index in [0.29, 0.717) is 5.56 Å². The summed E-state index contributed by atoms with van der Waals surface area (Å²) in [6.45, 7) is 0. The van der Waals surface area contributed by atoms with Crippen LogP contribution in [-0.2, 0) is 0 Å². The maximum Gasteiger partial charge on any atom is 0.167 e. The van der Waals surface area contributed by atoms with Crippen LogP contribution in [0.15, 0.2) is 16.6 Å². The quantitative estimate of drug-likeness (QED) is 0.628. The van der Waals surface area contributed by atoms with E-state index in [9.17, 15) is 9.18 Å². The van der Waals surface area contributed by atoms with Crippen molar-refractivity contribution in [2.75, 3.05) is 13.0 Å². The molecule has 0 aliphatic rings. The summed E-state index contributed by atoms with van der Waals surface area (Å²) < 4.78 is 18.3. The number of rotatable bonds is 4. The van der Waals surface area contributed by atoms with Gasteiger partial charge in [-0.15, -0.1) is 11.6 Å². The third-order valence-corrected chi connectivity index (χ3v) is 2.66. The number of ether oxygens (including phenoxy) is 1. The highest BCUT2D eigenvalue weighted by Crippen LogP contribution is 2.27. The fourth-order valence-electron chi connectivity index (χ4n) is 1.14. The molecule has 1 rings (SSSR count). The second-order valence-electron chi connectivity index (χ2n) is 2.83. The molecule has 0 aromatic heterocycles. The summed E-state index contributed by atoms with van der Waals surface area (Å²) in [5, 5.41) is 0. The van der Waals surface area contributed by atoms with Gasteiger partial charge in [0, 0.05) is 18.4 Å². The first-order chi connectivity index (χ1) is 7.10. The summed E-state index contributed by atoms with van der Waals surface area (Å²) in [6.07, 6.45) is 0.204. The Morgan fingerprint density at radius 2 is 2.27 bits per heavy atom. The Morgan fingerprint density at radius 1 is 1.60 bits per heavy atom. The topological polar surface area (TPSA) is 26.3 Å². The molecule has 0 saturated heterocycles. The van der Waals surface area contributed by atoms with Gasteiger partial charge in [0.25, 0.3) is 0 Å². The molecule has 0 aliphatic heterocycles. The Hall–Kier alpha value is -0.610. The third kappa shape index (κ3) is 2.92. The minimum atomic E-state index is -0.464. The molecule has 0 amide bonds. The second-order valence-corrected chi connectivity index (χ2v) is 4.06. The molecule has 0 spiro atoms. The van der Waals surface area contributed by atoms with Crippen LogP contribution in [-0.4, -0.2) is 18.8 Å². The lowest BCUT2D eigenvalue weighted by molar-refractivity contribution is 0.0986. The third-order valence-electron chi connectivity index (χ3n) is 1.86. The zero-order valence-corrected chi connectivity index (χ0v) is 10.4. The number of Topliss-reactive ketones (excluding diaryl/α,β-unsaturated/α-hetero) is 1. The van der Waals surface area contributed by atoms with E-state index in [0.717, 1.165) is 0 Å². The molecule has 1 aromatic rings. The van der Waals surface area contributed by atoms with Crippen molar-refractivity contribution in [3.05, 3.63) is 28.0 Å². The number of methoxy groups -OCH3 is 1. The smallest absolute Gasteiger partial charge is 0.167 e. The summed E-state index contributed by atoms with van der Waals surface area (Å²) in [4.78, 5) is 11.6. The van der Waals surface area contributed by atoms with E-state index in [-0.39, 0.29) is 28.3 Å². The molecule has 82 valence electrons. The van der Waals surface area contributed by atoms with Gasteiger partial charge < -0.3 is 4.74 Å². The van der Waals surface area contributed by atoms with Crippen LogP contribution < -0.4 is 4.74 Å². The van der Waals surface area contributed by atoms with E-state index in [1.165, 1.54) is 19.2 Å². The van der Waals surface area contributed by atoms with Gasteiger partial charge in [-0.25, -0.2) is 4.39 Å². The number of carbonyl (C=O) groups is 1. The zero-order chi connectivity index (χ0) is 11.4. The van der Waals surface area contributed by atoms with Crippen LogP contribution in [0.4, 0.5) is 4.39 Å². The molecule has 15 heavy (non-hydrogen) atoms. The Bertz CT molecular complexity index is 382. The molecule has 2 nitrogen and oxygen atoms in total. The van der Waals surface area contributed by atoms with E-state index in [4.69, 9.17) is 16.3 Å². The minimum Gasteiger partial charge on any atom is -0.496 e. The monoisotopic (exact) mass is 294 g/mol. The van der Waals surface area contributed by atoms with Crippen LogP contribution in [0.1, 0.15) is 16.8 Å². The Labute approximate surface area is 101 Å². The van der Waals surface area contributed by atoms with Crippen molar-refractivity contribution in [2.45, 2.75) is 6.42 Å². The van der Waals surface area contributed by atoms with Gasteiger partial charge in [-0.3, -0.25) is 4.79 Å². The van der Waals surface area contributed by atoms with Crippen LogP contribution in [0.25, 0.3) is 0 Å². The van der Waals surface area contributed by atoms with Crippen molar-refractivity contribution < 1.29 is 13.9 Å². The van der Waals surface area contributed by atoms with Crippen molar-refractivity contribution in [2.24, 2.45) is 0 Å². The van der Waals surface area contributed by atoms with Crippen molar-refractivity contribution in [3.8, 4) is 5.75 Å². The summed E-state index contributed by atoms with van der Waals surface area (Å²) in [5.74, 6) is -0.167. The second kappa shape index (κ2) is 5.47. The average molecular weight is 296 g/mol. The molecular formula is C10H9BrClFO2. The summed E-state index contributed by atoms with van der Waals surface area (Å²) in [6, 6.07) is 2.58. The largest absolute Gasteiger partial charge is 0.496 e. The number of hydrogen-bond acceptors (Lipinski definition) is 2. The van der Waals surface area contributed by atoms with Crippen LogP contribution in [0, 0.1) is 5.82 Å². The predicted molar refractivity (Wildman–Crippen MR) is 60.3 cm³/mol. The van der Waals surface area contributed by atoms with Gasteiger partial charge in [0.1, 0.15) is 11.6 Å². The van der Waals surface area contributed by atoms with E-state index in [2.05, 4.69) is 15.9 Å². The predicted octanol–water partition coefficient (Wildman–Crippen LogP) is 3.41. The molecule has 0 saturated carbocycles. The first-order valence-electron chi connectivity index (χ1n) is 4.22. The lowest BCUT2D eigenvalue weighted by atomic mass is 10.1. The van der Waals surface area contributed by atoms with E-state index in [1.54, 1.807) is 0 Å². The van der Waals surface area contributed by atoms with Crippen LogP contribution >= 0.6 is 27.5 Å². The molecule has 0 aliphatic carbocycles. The van der Waals surface area contributed by atoms with Gasteiger partial charge in [-0.1, -0.05) is 0 Å². The average Bonchev–Trinajstić information content (AvgIpc) is 2.21. The van der Waals surface area contributed by atoms with Gasteiger partial charge >= 0.3 is 0 Å². The standard InChI is InChI=1S/C10H9BrClFO2/c1-15-10-5-8(13)7(11)4-6(10)9(14)2-3-12/h4-5H,2-3H2,1H3. The minimum absolute atomic E-state index is 0.164. The summed E-state index contributed by atoms with van der Waals surface area (Å²) in [7, 11) is 1.39. The van der Waals surface area contributed by atoms with E-state index in [1.807, 2.05) is 0 Å². The van der Waals surface area contributed by atoms with Crippen LogP contribution in [0.5, 0.6) is 5.75 Å². The molecule has 0 N–H and O–H groups in total. The molecular weight excluding hydrogens is 286 g/mol. The van der Waals surface area contributed by atoms with Gasteiger partial charge in [0.15, 0.2) is 5.78 Å². The van der Waals surface area contributed by atoms with Crippen molar-refractivity contribution in [3.63, 3.8) is 0 Å². The molecule has 0 atom stereocenters. The number of halogens is 3. The van der Waals surface area contributed by atoms with Crippen LogP contribution in [0.2, 0.25) is 0 Å². The molecule has 0 unspecified atom stereocenters. The molecule has 0 radical (unpaired) electrons. The van der Waals surface area contributed by atoms with Crippen molar-refractivity contribution in [1.29, 1.82) is 0 Å². The van der Waals surface area contributed by atoms with Gasteiger partial charge in [-0.05, 0) is 22.0 Å². The Kier molecular flexibility index (Phi) is 4.54. The maximum absolute atomic E-state index is 13.1. The van der Waals surface area contributed by atoms with E-state index < -0.39 is 5.82 Å². The van der Waals surface area contributed by atoms with Gasteiger partial charge in [0.05, 0.1) is 17.1 Å². The van der Waals surface area contributed by atoms with Gasteiger partial charge in [-0.2, -0.15) is 0 Å². The normalized spacial score (nSPS) is 10.1. The number of benzene rings is 1. The fraction of sp³-hybridized carbons (Fsp3) is 0.300. The number of hydrogen-bond donors (Lipinski definition) is 0. The van der Waals surface area contributed by atoms with Gasteiger partial charge in [0.2, 0.25) is 0 Å². The van der Waals surface area contributed by atoms with Crippen LogP contribution in [0.3, 0.4) is 0 Å². The SMILES string of the molecule is COc1cc(F)c(Br)cc1C(=O)CCCl. The maximum atomic E-state index is 13.1. The fourth-order valence-corrected chi connectivity index (χ4v) is 1.65. The molecule has 5 heteroatoms. The Morgan fingerprint density at radius 3 is 2.80 bits per heavy atom. The first kappa shape index (κ1) is 12.5. The zero-order valence-electron chi connectivity index (χ0n) is 8.02. The highest BCUT2D eigenvalue weighted by Gasteiger charge is 2.14. The summed E-state index contributed by atoms with van der Waals surface area (Å²) >= 11 is 8.48. The van der Waals surface area contributed by atoms with E-state index >= 15 is 0 Å². The summed E-state index contributed by atoms with van der Waals surface area (Å²) in [5.41, 5.74) is 0.339. The number of carbonyl (C=O) groups excluding carboxylic acids is 1. The highest BCUT2D eigenvalue weighted by molar-refractivity contribution is 9.10. The molecule has 1 aromatic carbocycles. The van der Waals surface area contributed by atoms with Crippen molar-refractivity contribution in [1.82, 2.24) is 0 Å². The lowest BCUT2D eigenvalue weighted by Gasteiger charge is -2.08. The number of alkyl halides is 1. The molecule has 0 bridgehead atoms. The highest BCUT2D eigenvalue weighted by atomic mass is 79.9. The Balaban J connectivity index is 3.15.